The van der Waals surface area contributed by atoms with Crippen LogP contribution in [0.5, 0.6) is 0 Å². The van der Waals surface area contributed by atoms with Crippen molar-refractivity contribution in [3.63, 3.8) is 0 Å². The van der Waals surface area contributed by atoms with Crippen molar-refractivity contribution in [2.75, 3.05) is 13.2 Å². The smallest absolute Gasteiger partial charge is 0.338 e. The van der Waals surface area contributed by atoms with E-state index in [1.165, 1.54) is 12.1 Å². The molecular formula is C23H21FN2O7. The maximum Gasteiger partial charge on any atom is 0.338 e. The third kappa shape index (κ3) is 5.01. The number of carbonyl (C=O) groups excluding carboxylic acids is 4. The first-order chi connectivity index (χ1) is 15.9. The van der Waals surface area contributed by atoms with Gasteiger partial charge in [-0.15, -0.1) is 0 Å². The van der Waals surface area contributed by atoms with Crippen molar-refractivity contribution < 1.29 is 37.8 Å². The van der Waals surface area contributed by atoms with Crippen LogP contribution in [0.4, 0.5) is 9.18 Å². The highest BCUT2D eigenvalue weighted by Gasteiger charge is 2.52. The van der Waals surface area contributed by atoms with Crippen molar-refractivity contribution in [2.24, 2.45) is 0 Å². The number of amides is 3. The Morgan fingerprint density at radius 2 is 1.61 bits per heavy atom. The van der Waals surface area contributed by atoms with E-state index in [1.807, 2.05) is 0 Å². The van der Waals surface area contributed by atoms with E-state index in [0.29, 0.717) is 0 Å². The van der Waals surface area contributed by atoms with Gasteiger partial charge in [0.15, 0.2) is 18.5 Å². The quantitative estimate of drug-likeness (QED) is 0.663. The monoisotopic (exact) mass is 456 g/mol. The Bertz CT molecular complexity index is 1030. The van der Waals surface area contributed by atoms with Crippen LogP contribution >= 0.6 is 0 Å². The van der Waals surface area contributed by atoms with Crippen LogP contribution in [0.25, 0.3) is 0 Å². The summed E-state index contributed by atoms with van der Waals surface area (Å²) >= 11 is 0. The maximum atomic E-state index is 15.4. The Morgan fingerprint density at radius 1 is 1.00 bits per heavy atom. The molecule has 0 saturated carbocycles. The molecule has 172 valence electrons. The van der Waals surface area contributed by atoms with Gasteiger partial charge in [-0.05, 0) is 24.3 Å². The van der Waals surface area contributed by atoms with Crippen LogP contribution in [-0.2, 0) is 19.0 Å². The van der Waals surface area contributed by atoms with Crippen LogP contribution in [0.15, 0.2) is 60.7 Å². The molecule has 0 spiro atoms. The summed E-state index contributed by atoms with van der Waals surface area (Å²) in [5.41, 5.74) is 0.491. The zero-order chi connectivity index (χ0) is 23.4. The van der Waals surface area contributed by atoms with Crippen molar-refractivity contribution in [3.05, 3.63) is 71.8 Å². The van der Waals surface area contributed by atoms with Gasteiger partial charge in [-0.3, -0.25) is 15.0 Å². The normalized spacial score (nSPS) is 24.8. The van der Waals surface area contributed by atoms with Crippen LogP contribution in [0.2, 0.25) is 0 Å². The second-order valence-corrected chi connectivity index (χ2v) is 7.51. The predicted molar refractivity (Wildman–Crippen MR) is 111 cm³/mol. The number of esters is 2. The van der Waals surface area contributed by atoms with Crippen LogP contribution in [0.3, 0.4) is 0 Å². The first kappa shape index (κ1) is 22.4. The Balaban J connectivity index is 1.50. The van der Waals surface area contributed by atoms with Gasteiger partial charge in [0.05, 0.1) is 11.1 Å². The van der Waals surface area contributed by atoms with E-state index in [1.54, 1.807) is 48.5 Å². The molecule has 3 amide bonds. The van der Waals surface area contributed by atoms with E-state index in [4.69, 9.17) is 14.2 Å². The van der Waals surface area contributed by atoms with Crippen LogP contribution in [0, 0.1) is 0 Å². The number of halogens is 1. The number of urea groups is 1. The lowest BCUT2D eigenvalue weighted by Gasteiger charge is -2.32. The van der Waals surface area contributed by atoms with Crippen molar-refractivity contribution in [1.82, 2.24) is 10.2 Å². The highest BCUT2D eigenvalue weighted by molar-refractivity contribution is 5.96. The summed E-state index contributed by atoms with van der Waals surface area (Å²) in [7, 11) is 0. The molecule has 0 bridgehead atoms. The molecule has 2 fully saturated rings. The topological polar surface area (TPSA) is 111 Å². The lowest BCUT2D eigenvalue weighted by Crippen LogP contribution is -2.56. The summed E-state index contributed by atoms with van der Waals surface area (Å²) in [6, 6.07) is 15.4. The van der Waals surface area contributed by atoms with E-state index < -0.39 is 55.1 Å². The van der Waals surface area contributed by atoms with Gasteiger partial charge in [-0.1, -0.05) is 36.4 Å². The average Bonchev–Trinajstić information content (AvgIpc) is 3.13. The summed E-state index contributed by atoms with van der Waals surface area (Å²) in [6.45, 7) is -0.475. The SMILES string of the molecule is O=C1CCN([C@@H]2O[C@H](COC(=O)c3ccccc3)[C@@H](OC(=O)c3ccccc3)[C@@H]2F)C(=O)N1. The van der Waals surface area contributed by atoms with Gasteiger partial charge in [-0.2, -0.15) is 0 Å². The predicted octanol–water partition coefficient (Wildman–Crippen LogP) is 2.07. The molecule has 0 unspecified atom stereocenters. The van der Waals surface area contributed by atoms with Crippen LogP contribution in [-0.4, -0.2) is 66.5 Å². The average molecular weight is 456 g/mol. The molecule has 4 atom stereocenters. The van der Waals surface area contributed by atoms with Gasteiger partial charge in [0.25, 0.3) is 0 Å². The number of ether oxygens (including phenoxy) is 3. The molecule has 2 aliphatic heterocycles. The van der Waals surface area contributed by atoms with E-state index in [-0.39, 0.29) is 24.1 Å². The fraction of sp³-hybridized carbons (Fsp3) is 0.304. The highest BCUT2D eigenvalue weighted by Crippen LogP contribution is 2.31. The number of benzene rings is 2. The second-order valence-electron chi connectivity index (χ2n) is 7.51. The Kier molecular flexibility index (Phi) is 6.64. The van der Waals surface area contributed by atoms with E-state index in [9.17, 15) is 19.2 Å². The Hall–Kier alpha value is -3.79. The van der Waals surface area contributed by atoms with Crippen LogP contribution < -0.4 is 5.32 Å². The van der Waals surface area contributed by atoms with E-state index in [2.05, 4.69) is 5.32 Å². The summed E-state index contributed by atoms with van der Waals surface area (Å²) in [6.07, 6.45) is -6.00. The van der Waals surface area contributed by atoms with Gasteiger partial charge in [-0.25, -0.2) is 18.8 Å². The van der Waals surface area contributed by atoms with Gasteiger partial charge in [0.1, 0.15) is 12.7 Å². The largest absolute Gasteiger partial charge is 0.459 e. The molecule has 2 heterocycles. The number of carbonyl (C=O) groups is 4. The number of hydrogen-bond donors (Lipinski definition) is 1. The minimum atomic E-state index is -1.93. The van der Waals surface area contributed by atoms with Gasteiger partial charge in [0.2, 0.25) is 5.91 Å². The van der Waals surface area contributed by atoms with Gasteiger partial charge < -0.3 is 14.2 Å². The van der Waals surface area contributed by atoms with Crippen molar-refractivity contribution in [3.8, 4) is 0 Å². The molecule has 2 aliphatic rings. The molecule has 10 heteroatoms. The van der Waals surface area contributed by atoms with Gasteiger partial charge in [0, 0.05) is 13.0 Å². The molecule has 2 aromatic carbocycles. The fourth-order valence-corrected chi connectivity index (χ4v) is 3.62. The van der Waals surface area contributed by atoms with Gasteiger partial charge >= 0.3 is 18.0 Å². The molecule has 33 heavy (non-hydrogen) atoms. The number of alkyl halides is 1. The zero-order valence-corrected chi connectivity index (χ0v) is 17.4. The summed E-state index contributed by atoms with van der Waals surface area (Å²) < 4.78 is 31.8. The summed E-state index contributed by atoms with van der Waals surface area (Å²) in [4.78, 5) is 49.5. The molecule has 9 nitrogen and oxygen atoms in total. The molecule has 2 saturated heterocycles. The third-order valence-corrected chi connectivity index (χ3v) is 5.30. The van der Waals surface area contributed by atoms with E-state index >= 15 is 4.39 Å². The minimum absolute atomic E-state index is 0.0273. The molecule has 1 N–H and O–H groups in total. The number of rotatable bonds is 6. The summed E-state index contributed by atoms with van der Waals surface area (Å²) in [5.74, 6) is -1.93. The first-order valence-electron chi connectivity index (χ1n) is 10.3. The standard InChI is InChI=1S/C23H21FN2O7/c24-18-19(33-22(29)15-9-5-2-6-10-15)16(13-31-21(28)14-7-3-1-4-8-14)32-20(18)26-12-11-17(27)25-23(26)30/h1-10,16,18-20H,11-13H2,(H,25,27,30)/t16-,18+,19-,20-/m1/s1. The Morgan fingerprint density at radius 3 is 2.21 bits per heavy atom. The van der Waals surface area contributed by atoms with Crippen molar-refractivity contribution in [1.29, 1.82) is 0 Å². The molecule has 0 radical (unpaired) electrons. The summed E-state index contributed by atoms with van der Waals surface area (Å²) in [5, 5.41) is 2.10. The number of nitrogens with one attached hydrogen (secondary N) is 1. The lowest BCUT2D eigenvalue weighted by atomic mass is 10.1. The third-order valence-electron chi connectivity index (χ3n) is 5.30. The minimum Gasteiger partial charge on any atom is -0.459 e. The van der Waals surface area contributed by atoms with Crippen molar-refractivity contribution >= 4 is 23.9 Å². The van der Waals surface area contributed by atoms with E-state index in [0.717, 1.165) is 4.90 Å². The molecule has 2 aromatic rings. The maximum absolute atomic E-state index is 15.4. The zero-order valence-electron chi connectivity index (χ0n) is 17.4. The number of imide groups is 1. The number of nitrogens with zero attached hydrogens (tertiary/aromatic N) is 1. The second kappa shape index (κ2) is 9.78. The molecular weight excluding hydrogens is 435 g/mol. The lowest BCUT2D eigenvalue weighted by molar-refractivity contribution is -0.124. The Labute approximate surface area is 188 Å². The van der Waals surface area contributed by atoms with Crippen LogP contribution in [0.1, 0.15) is 27.1 Å². The van der Waals surface area contributed by atoms with Crippen molar-refractivity contribution in [2.45, 2.75) is 31.0 Å². The first-order valence-corrected chi connectivity index (χ1v) is 10.3. The molecule has 4 rings (SSSR count). The number of hydrogen-bond acceptors (Lipinski definition) is 7. The molecule has 0 aromatic heterocycles. The highest BCUT2D eigenvalue weighted by atomic mass is 19.1. The fourth-order valence-electron chi connectivity index (χ4n) is 3.62. The molecule has 0 aliphatic carbocycles.